The number of nitrogens with zero attached hydrogens (tertiary/aromatic N) is 4. The first-order valence-corrected chi connectivity index (χ1v) is 9.54. The van der Waals surface area contributed by atoms with Gasteiger partial charge in [0.1, 0.15) is 12.1 Å². The Morgan fingerprint density at radius 1 is 1.12 bits per heavy atom. The topological polar surface area (TPSA) is 52.3 Å². The van der Waals surface area contributed by atoms with Crippen LogP contribution >= 0.6 is 11.8 Å². The predicted molar refractivity (Wildman–Crippen MR) is 106 cm³/mol. The van der Waals surface area contributed by atoms with Crippen LogP contribution in [0.1, 0.15) is 25.0 Å². The highest BCUT2D eigenvalue weighted by atomic mass is 32.2. The summed E-state index contributed by atoms with van der Waals surface area (Å²) in [5.74, 6) is 2.12. The third-order valence-electron chi connectivity index (χ3n) is 3.52. The van der Waals surface area contributed by atoms with Gasteiger partial charge in [-0.15, -0.1) is 10.2 Å². The number of thioether (sulfide) groups is 1. The van der Waals surface area contributed by atoms with Gasteiger partial charge in [-0.05, 0) is 23.6 Å². The molecule has 3 rings (SSSR count). The van der Waals surface area contributed by atoms with Gasteiger partial charge in [0.15, 0.2) is 0 Å². The lowest BCUT2D eigenvalue weighted by Crippen LogP contribution is -2.06. The smallest absolute Gasteiger partial charge is 0.212 e. The zero-order chi connectivity index (χ0) is 18.2. The summed E-state index contributed by atoms with van der Waals surface area (Å²) in [4.78, 5) is 0. The quantitative estimate of drug-likeness (QED) is 0.435. The zero-order valence-corrected chi connectivity index (χ0v) is 15.8. The van der Waals surface area contributed by atoms with Gasteiger partial charge in [-0.2, -0.15) is 9.78 Å². The average Bonchev–Trinajstić information content (AvgIpc) is 3.12. The van der Waals surface area contributed by atoms with E-state index in [2.05, 4.69) is 41.3 Å². The van der Waals surface area contributed by atoms with Crippen LogP contribution in [0.4, 0.5) is 0 Å². The SMILES string of the molecule is CC(C)COc1ccccc1/C=N\n1cnnc1SCc1ccccc1. The van der Waals surface area contributed by atoms with Crippen LogP contribution < -0.4 is 4.74 Å². The number of hydrogen-bond acceptors (Lipinski definition) is 5. The molecule has 0 saturated heterocycles. The van der Waals surface area contributed by atoms with Gasteiger partial charge in [-0.1, -0.05) is 68.1 Å². The molecular formula is C20H22N4OS. The summed E-state index contributed by atoms with van der Waals surface area (Å²) < 4.78 is 7.55. The van der Waals surface area contributed by atoms with Gasteiger partial charge in [0.25, 0.3) is 0 Å². The van der Waals surface area contributed by atoms with E-state index in [9.17, 15) is 0 Å². The molecule has 5 nitrogen and oxygen atoms in total. The first kappa shape index (κ1) is 18.2. The monoisotopic (exact) mass is 366 g/mol. The Hall–Kier alpha value is -2.60. The van der Waals surface area contributed by atoms with Gasteiger partial charge < -0.3 is 4.74 Å². The van der Waals surface area contributed by atoms with Crippen LogP contribution in [-0.2, 0) is 5.75 Å². The summed E-state index contributed by atoms with van der Waals surface area (Å²) in [7, 11) is 0. The lowest BCUT2D eigenvalue weighted by atomic mass is 10.2. The summed E-state index contributed by atoms with van der Waals surface area (Å²) >= 11 is 1.60. The second kappa shape index (κ2) is 9.20. The van der Waals surface area contributed by atoms with E-state index in [0.717, 1.165) is 22.2 Å². The normalized spacial score (nSPS) is 11.3. The molecule has 0 N–H and O–H groups in total. The molecule has 0 spiro atoms. The first-order chi connectivity index (χ1) is 12.7. The highest BCUT2D eigenvalue weighted by molar-refractivity contribution is 7.98. The van der Waals surface area contributed by atoms with E-state index < -0.39 is 0 Å². The standard InChI is InChI=1S/C20H22N4OS/c1-16(2)13-25-19-11-7-6-10-18(19)12-22-24-15-21-23-20(24)26-14-17-8-4-3-5-9-17/h3-12,15-16H,13-14H2,1-2H3/b22-12-. The van der Waals surface area contributed by atoms with E-state index in [0.29, 0.717) is 12.5 Å². The third-order valence-corrected chi connectivity index (χ3v) is 4.53. The van der Waals surface area contributed by atoms with Crippen molar-refractivity contribution in [1.82, 2.24) is 14.9 Å². The molecule has 0 bridgehead atoms. The Kier molecular flexibility index (Phi) is 6.44. The fraction of sp³-hybridized carbons (Fsp3) is 0.250. The molecule has 3 aromatic rings. The maximum Gasteiger partial charge on any atom is 0.212 e. The van der Waals surface area contributed by atoms with Gasteiger partial charge in [0, 0.05) is 11.3 Å². The van der Waals surface area contributed by atoms with Crippen molar-refractivity contribution in [2.24, 2.45) is 11.0 Å². The van der Waals surface area contributed by atoms with Crippen LogP contribution in [0.25, 0.3) is 0 Å². The minimum atomic E-state index is 0.471. The first-order valence-electron chi connectivity index (χ1n) is 8.55. The van der Waals surface area contributed by atoms with Crippen molar-refractivity contribution in [3.05, 3.63) is 72.1 Å². The minimum absolute atomic E-state index is 0.471. The molecule has 0 radical (unpaired) electrons. The van der Waals surface area contributed by atoms with Crippen LogP contribution in [0.5, 0.6) is 5.75 Å². The van der Waals surface area contributed by atoms with E-state index in [4.69, 9.17) is 4.74 Å². The zero-order valence-electron chi connectivity index (χ0n) is 14.9. The van der Waals surface area contributed by atoms with Crippen molar-refractivity contribution in [2.75, 3.05) is 6.61 Å². The molecule has 0 atom stereocenters. The van der Waals surface area contributed by atoms with Crippen LogP contribution in [-0.4, -0.2) is 27.7 Å². The summed E-state index contributed by atoms with van der Waals surface area (Å²) in [5, 5.41) is 13.4. The molecule has 0 aliphatic carbocycles. The average molecular weight is 366 g/mol. The summed E-state index contributed by atoms with van der Waals surface area (Å²) in [6.07, 6.45) is 3.40. The largest absolute Gasteiger partial charge is 0.493 e. The van der Waals surface area contributed by atoms with E-state index in [1.165, 1.54) is 5.56 Å². The van der Waals surface area contributed by atoms with E-state index >= 15 is 0 Å². The van der Waals surface area contributed by atoms with E-state index in [-0.39, 0.29) is 0 Å². The number of benzene rings is 2. The number of rotatable bonds is 8. The Morgan fingerprint density at radius 3 is 2.69 bits per heavy atom. The van der Waals surface area contributed by atoms with Crippen molar-refractivity contribution in [3.8, 4) is 5.75 Å². The number of aromatic nitrogens is 3. The van der Waals surface area contributed by atoms with Crippen molar-refractivity contribution < 1.29 is 4.74 Å². The second-order valence-electron chi connectivity index (χ2n) is 6.22. The van der Waals surface area contributed by atoms with Crippen molar-refractivity contribution in [2.45, 2.75) is 24.8 Å². The Balaban J connectivity index is 1.69. The fourth-order valence-corrected chi connectivity index (χ4v) is 3.03. The molecule has 0 aliphatic heterocycles. The maximum atomic E-state index is 5.87. The second-order valence-corrected chi connectivity index (χ2v) is 7.16. The molecule has 0 aliphatic rings. The van der Waals surface area contributed by atoms with Gasteiger partial charge in [0.2, 0.25) is 5.16 Å². The highest BCUT2D eigenvalue weighted by Crippen LogP contribution is 2.21. The lowest BCUT2D eigenvalue weighted by Gasteiger charge is -2.10. The molecule has 0 fully saturated rings. The Labute approximate surface area is 158 Å². The molecule has 0 unspecified atom stereocenters. The molecule has 26 heavy (non-hydrogen) atoms. The van der Waals surface area contributed by atoms with Crippen LogP contribution in [0.3, 0.4) is 0 Å². The van der Waals surface area contributed by atoms with Crippen LogP contribution in [0.2, 0.25) is 0 Å². The number of hydrogen-bond donors (Lipinski definition) is 0. The molecule has 6 heteroatoms. The lowest BCUT2D eigenvalue weighted by molar-refractivity contribution is 0.270. The van der Waals surface area contributed by atoms with Crippen LogP contribution in [0.15, 0.2) is 71.2 Å². The van der Waals surface area contributed by atoms with Gasteiger partial charge >= 0.3 is 0 Å². The van der Waals surface area contributed by atoms with E-state index in [1.807, 2.05) is 42.5 Å². The highest BCUT2D eigenvalue weighted by Gasteiger charge is 2.06. The number of para-hydroxylation sites is 1. The molecule has 134 valence electrons. The summed E-state index contributed by atoms with van der Waals surface area (Å²) in [6, 6.07) is 18.2. The van der Waals surface area contributed by atoms with Gasteiger partial charge in [-0.3, -0.25) is 0 Å². The third kappa shape index (κ3) is 5.20. The van der Waals surface area contributed by atoms with E-state index in [1.54, 1.807) is 29.0 Å². The minimum Gasteiger partial charge on any atom is -0.493 e. The Morgan fingerprint density at radius 2 is 1.88 bits per heavy atom. The predicted octanol–water partition coefficient (Wildman–Crippen LogP) is 4.49. The van der Waals surface area contributed by atoms with Crippen molar-refractivity contribution in [1.29, 1.82) is 0 Å². The van der Waals surface area contributed by atoms with Crippen molar-refractivity contribution >= 4 is 18.0 Å². The molecular weight excluding hydrogens is 344 g/mol. The summed E-state index contributed by atoms with van der Waals surface area (Å²) in [5.41, 5.74) is 2.17. The molecule has 1 heterocycles. The van der Waals surface area contributed by atoms with Gasteiger partial charge in [0.05, 0.1) is 12.8 Å². The molecule has 0 amide bonds. The molecule has 2 aromatic carbocycles. The summed E-state index contributed by atoms with van der Waals surface area (Å²) in [6.45, 7) is 4.93. The van der Waals surface area contributed by atoms with Crippen LogP contribution in [0, 0.1) is 5.92 Å². The van der Waals surface area contributed by atoms with Crippen molar-refractivity contribution in [3.63, 3.8) is 0 Å². The fourth-order valence-electron chi connectivity index (χ4n) is 2.22. The molecule has 0 saturated carbocycles. The number of ether oxygens (including phenoxy) is 1. The molecule has 1 aromatic heterocycles. The van der Waals surface area contributed by atoms with Gasteiger partial charge in [-0.25, -0.2) is 0 Å². The maximum absolute atomic E-state index is 5.87. The Bertz CT molecular complexity index is 846.